The van der Waals surface area contributed by atoms with Gasteiger partial charge in [0.05, 0.1) is 19.1 Å². The molecule has 0 aliphatic carbocycles. The highest BCUT2D eigenvalue weighted by molar-refractivity contribution is 5.97. The molecule has 1 heterocycles. The molecule has 1 aliphatic rings. The molecule has 1 fully saturated rings. The number of aryl methyl sites for hydroxylation is 1. The molecular weight excluding hydrogens is 329 g/mol. The first-order valence-corrected chi connectivity index (χ1v) is 10.3. The summed E-state index contributed by atoms with van der Waals surface area (Å²) in [6.45, 7) is 5.26. The fourth-order valence-electron chi connectivity index (χ4n) is 3.50. The number of nitrogens with zero attached hydrogens (tertiary/aromatic N) is 1. The van der Waals surface area contributed by atoms with Gasteiger partial charge in [-0.2, -0.15) is 0 Å². The van der Waals surface area contributed by atoms with E-state index in [0.717, 1.165) is 31.4 Å². The van der Waals surface area contributed by atoms with Gasteiger partial charge in [-0.25, -0.2) is 4.39 Å². The predicted octanol–water partition coefficient (Wildman–Crippen LogP) is 5.46. The number of hydrogen-bond acceptors (Lipinski definition) is 2. The molecule has 1 aromatic rings. The van der Waals surface area contributed by atoms with E-state index >= 15 is 0 Å². The standard InChI is InChI=1S/C22H34FNO2/c1-3-5-7-8-10-18-11-13-19(14-12-18)24-21(20(23)16-22(24)25)17-26-15-9-6-4-2/h11-14,20-21H,3-10,15-17H2,1-2H3. The lowest BCUT2D eigenvalue weighted by Gasteiger charge is -2.26. The van der Waals surface area contributed by atoms with Crippen LogP contribution in [0.2, 0.25) is 0 Å². The largest absolute Gasteiger partial charge is 0.379 e. The Morgan fingerprint density at radius 2 is 1.73 bits per heavy atom. The molecular formula is C22H34FNO2. The van der Waals surface area contributed by atoms with Crippen LogP contribution < -0.4 is 4.90 Å². The molecule has 2 unspecified atom stereocenters. The van der Waals surface area contributed by atoms with E-state index in [9.17, 15) is 9.18 Å². The van der Waals surface area contributed by atoms with E-state index in [2.05, 4.69) is 26.0 Å². The number of unbranched alkanes of at least 4 members (excludes halogenated alkanes) is 5. The Hall–Kier alpha value is -1.42. The summed E-state index contributed by atoms with van der Waals surface area (Å²) in [4.78, 5) is 13.9. The Morgan fingerprint density at radius 1 is 1.04 bits per heavy atom. The van der Waals surface area contributed by atoms with Crippen molar-refractivity contribution in [2.75, 3.05) is 18.1 Å². The maximum Gasteiger partial charge on any atom is 0.230 e. The Bertz CT molecular complexity index is 531. The van der Waals surface area contributed by atoms with Crippen LogP contribution in [0.25, 0.3) is 0 Å². The van der Waals surface area contributed by atoms with Crippen molar-refractivity contribution in [3.05, 3.63) is 29.8 Å². The van der Waals surface area contributed by atoms with Crippen LogP contribution in [-0.4, -0.2) is 31.3 Å². The summed E-state index contributed by atoms with van der Waals surface area (Å²) in [5.41, 5.74) is 2.07. The van der Waals surface area contributed by atoms with Gasteiger partial charge in [0.15, 0.2) is 0 Å². The number of benzene rings is 1. The summed E-state index contributed by atoms with van der Waals surface area (Å²) in [5, 5.41) is 0. The zero-order valence-corrected chi connectivity index (χ0v) is 16.4. The number of alkyl halides is 1. The lowest BCUT2D eigenvalue weighted by molar-refractivity contribution is -0.117. The van der Waals surface area contributed by atoms with Crippen molar-refractivity contribution in [3.8, 4) is 0 Å². The van der Waals surface area contributed by atoms with Gasteiger partial charge < -0.3 is 9.64 Å². The summed E-state index contributed by atoms with van der Waals surface area (Å²) in [6.07, 6.45) is 8.07. The zero-order valence-electron chi connectivity index (χ0n) is 16.4. The van der Waals surface area contributed by atoms with Crippen molar-refractivity contribution in [2.24, 2.45) is 0 Å². The molecule has 2 rings (SSSR count). The summed E-state index contributed by atoms with van der Waals surface area (Å²) in [7, 11) is 0. The second kappa shape index (κ2) is 11.3. The lowest BCUT2D eigenvalue weighted by atomic mass is 10.1. The molecule has 3 nitrogen and oxygen atoms in total. The van der Waals surface area contributed by atoms with E-state index < -0.39 is 12.2 Å². The molecule has 4 heteroatoms. The predicted molar refractivity (Wildman–Crippen MR) is 105 cm³/mol. The summed E-state index contributed by atoms with van der Waals surface area (Å²) < 4.78 is 20.0. The Kier molecular flexibility index (Phi) is 9.10. The molecule has 0 spiro atoms. The van der Waals surface area contributed by atoms with Gasteiger partial charge in [-0.05, 0) is 37.0 Å². The number of hydrogen-bond donors (Lipinski definition) is 0. The van der Waals surface area contributed by atoms with Gasteiger partial charge >= 0.3 is 0 Å². The van der Waals surface area contributed by atoms with Crippen molar-refractivity contribution >= 4 is 11.6 Å². The molecule has 2 atom stereocenters. The second-order valence-electron chi connectivity index (χ2n) is 7.31. The van der Waals surface area contributed by atoms with Gasteiger partial charge in [0, 0.05) is 12.3 Å². The molecule has 0 N–H and O–H groups in total. The van der Waals surface area contributed by atoms with Crippen LogP contribution in [-0.2, 0) is 16.0 Å². The van der Waals surface area contributed by atoms with Gasteiger partial charge in [-0.15, -0.1) is 0 Å². The van der Waals surface area contributed by atoms with Gasteiger partial charge in [0.25, 0.3) is 0 Å². The van der Waals surface area contributed by atoms with Crippen LogP contribution in [0.5, 0.6) is 0 Å². The van der Waals surface area contributed by atoms with E-state index in [0.29, 0.717) is 6.61 Å². The van der Waals surface area contributed by atoms with Crippen molar-refractivity contribution in [1.29, 1.82) is 0 Å². The maximum absolute atomic E-state index is 14.3. The SMILES string of the molecule is CCCCCCc1ccc(N2C(=O)CC(F)C2COCCCCC)cc1. The van der Waals surface area contributed by atoms with E-state index in [-0.39, 0.29) is 18.9 Å². The number of carbonyl (C=O) groups is 1. The first kappa shape index (κ1) is 20.9. The van der Waals surface area contributed by atoms with Gasteiger partial charge in [-0.3, -0.25) is 4.79 Å². The van der Waals surface area contributed by atoms with E-state index in [4.69, 9.17) is 4.74 Å². The fraction of sp³-hybridized carbons (Fsp3) is 0.682. The van der Waals surface area contributed by atoms with E-state index in [1.807, 2.05) is 12.1 Å². The summed E-state index contributed by atoms with van der Waals surface area (Å²) >= 11 is 0. The molecule has 0 aromatic heterocycles. The highest BCUT2D eigenvalue weighted by atomic mass is 19.1. The van der Waals surface area contributed by atoms with Crippen LogP contribution in [0.15, 0.2) is 24.3 Å². The monoisotopic (exact) mass is 363 g/mol. The zero-order chi connectivity index (χ0) is 18.8. The third kappa shape index (κ3) is 6.08. The van der Waals surface area contributed by atoms with Crippen LogP contribution in [0.3, 0.4) is 0 Å². The Labute approximate surface area is 157 Å². The molecule has 1 aliphatic heterocycles. The van der Waals surface area contributed by atoms with Crippen LogP contribution in [0.4, 0.5) is 10.1 Å². The van der Waals surface area contributed by atoms with Crippen molar-refractivity contribution in [1.82, 2.24) is 0 Å². The van der Waals surface area contributed by atoms with Crippen LogP contribution in [0.1, 0.15) is 70.8 Å². The van der Waals surface area contributed by atoms with Gasteiger partial charge in [0.1, 0.15) is 6.17 Å². The molecule has 0 bridgehead atoms. The van der Waals surface area contributed by atoms with Crippen molar-refractivity contribution in [2.45, 2.75) is 83.8 Å². The molecule has 26 heavy (non-hydrogen) atoms. The third-order valence-corrected chi connectivity index (χ3v) is 5.10. The highest BCUT2D eigenvalue weighted by Gasteiger charge is 2.41. The molecule has 1 aromatic carbocycles. The maximum atomic E-state index is 14.3. The number of rotatable bonds is 12. The molecule has 0 saturated carbocycles. The Morgan fingerprint density at radius 3 is 2.42 bits per heavy atom. The van der Waals surface area contributed by atoms with E-state index in [1.165, 1.54) is 31.2 Å². The lowest BCUT2D eigenvalue weighted by Crippen LogP contribution is -2.39. The fourth-order valence-corrected chi connectivity index (χ4v) is 3.50. The molecule has 146 valence electrons. The van der Waals surface area contributed by atoms with Crippen molar-refractivity contribution < 1.29 is 13.9 Å². The average molecular weight is 364 g/mol. The van der Waals surface area contributed by atoms with Crippen molar-refractivity contribution in [3.63, 3.8) is 0 Å². The number of halogens is 1. The van der Waals surface area contributed by atoms with E-state index in [1.54, 1.807) is 4.90 Å². The Balaban J connectivity index is 1.92. The topological polar surface area (TPSA) is 29.5 Å². The van der Waals surface area contributed by atoms with Crippen LogP contribution in [0, 0.1) is 0 Å². The summed E-state index contributed by atoms with van der Waals surface area (Å²) in [6, 6.07) is 7.54. The quantitative estimate of drug-likeness (QED) is 0.462. The first-order valence-electron chi connectivity index (χ1n) is 10.3. The molecule has 0 radical (unpaired) electrons. The number of amides is 1. The smallest absolute Gasteiger partial charge is 0.230 e. The normalized spacial score (nSPS) is 20.1. The summed E-state index contributed by atoms with van der Waals surface area (Å²) in [5.74, 6) is -0.143. The molecule has 1 amide bonds. The first-order chi connectivity index (χ1) is 12.7. The minimum atomic E-state index is -1.15. The number of carbonyl (C=O) groups excluding carboxylic acids is 1. The van der Waals surface area contributed by atoms with Crippen LogP contribution >= 0.6 is 0 Å². The van der Waals surface area contributed by atoms with Gasteiger partial charge in [0.2, 0.25) is 5.91 Å². The van der Waals surface area contributed by atoms with Gasteiger partial charge in [-0.1, -0.05) is 58.1 Å². The highest BCUT2D eigenvalue weighted by Crippen LogP contribution is 2.29. The minimum absolute atomic E-state index is 0.0399. The minimum Gasteiger partial charge on any atom is -0.379 e. The molecule has 1 saturated heterocycles. The second-order valence-corrected chi connectivity index (χ2v) is 7.31. The average Bonchev–Trinajstić information content (AvgIpc) is 2.92. The number of anilines is 1. The third-order valence-electron chi connectivity index (χ3n) is 5.10. The number of ether oxygens (including phenoxy) is 1.